The van der Waals surface area contributed by atoms with Gasteiger partial charge in [0.1, 0.15) is 43.2 Å². The fourth-order valence-electron chi connectivity index (χ4n) is 8.38. The molecule has 0 radical (unpaired) electrons. The van der Waals surface area contributed by atoms with Gasteiger partial charge in [-0.25, -0.2) is 9.36 Å². The molecule has 13 nitrogen and oxygen atoms in total. The first-order valence-corrected chi connectivity index (χ1v) is 28.2. The van der Waals surface area contributed by atoms with E-state index in [1.807, 2.05) is 6.08 Å². The van der Waals surface area contributed by atoms with Gasteiger partial charge >= 0.3 is 19.8 Å². The van der Waals surface area contributed by atoms with Gasteiger partial charge in [0, 0.05) is 12.5 Å². The van der Waals surface area contributed by atoms with E-state index in [-0.39, 0.29) is 6.42 Å². The number of aliphatic hydroxyl groups is 5. The summed E-state index contributed by atoms with van der Waals surface area (Å²) in [6.07, 6.45) is 35.8. The van der Waals surface area contributed by atoms with E-state index in [4.69, 9.17) is 18.5 Å². The van der Waals surface area contributed by atoms with Crippen molar-refractivity contribution in [2.75, 3.05) is 13.2 Å². The summed E-state index contributed by atoms with van der Waals surface area (Å²) in [5.74, 6) is -1.34. The number of hydrogen-bond donors (Lipinski definition) is 6. The molecule has 0 aromatic heterocycles. The van der Waals surface area contributed by atoms with E-state index in [9.17, 15) is 44.6 Å². The summed E-state index contributed by atoms with van der Waals surface area (Å²) < 4.78 is 33.5. The van der Waals surface area contributed by atoms with E-state index in [1.54, 1.807) is 12.2 Å². The van der Waals surface area contributed by atoms with Gasteiger partial charge < -0.3 is 39.9 Å². The van der Waals surface area contributed by atoms with Crippen molar-refractivity contribution in [3.63, 3.8) is 0 Å². The maximum Gasteiger partial charge on any atom is 0.472 e. The van der Waals surface area contributed by atoms with E-state index in [1.165, 1.54) is 173 Å². The Kier molecular flexibility index (Phi) is 39.9. The normalized spacial score (nSPS) is 21.4. The Morgan fingerprint density at radius 2 is 0.864 bits per heavy atom. The Bertz CT molecular complexity index is 1250. The molecule has 1 fully saturated rings. The lowest BCUT2D eigenvalue weighted by Crippen LogP contribution is -2.64. The fraction of sp³-hybridized carbons (Fsp3) is 0.885. The second-order valence-corrected chi connectivity index (χ2v) is 20.2. The third-order valence-corrected chi connectivity index (χ3v) is 13.6. The lowest BCUT2D eigenvalue weighted by atomic mass is 9.85. The highest BCUT2D eigenvalue weighted by Crippen LogP contribution is 2.47. The molecule has 0 heterocycles. The predicted octanol–water partition coefficient (Wildman–Crippen LogP) is 11.6. The standard InChI is InChI=1S/C52H97O13P/c1-3-5-7-9-11-13-15-17-19-20-21-22-23-24-25-27-29-31-33-35-37-39-41-46(54)64-44(43-63-66(60,61)65-52-50(58)48(56)47(55)49(57)51(52)59)42-62-45(53)40-38-36-34-32-30-28-26-18-16-14-12-10-8-6-4-2/h34,36,38,40,44,47-52,55-59H,3-33,35,37,39,41-43H2,1-2H3,(H,60,61)/b36-34+,40-38+/t44-,47?,48-,49?,50?,51?,52?/m1/s1. The van der Waals surface area contributed by atoms with Crippen molar-refractivity contribution in [2.45, 2.75) is 281 Å². The number of hydrogen-bond acceptors (Lipinski definition) is 12. The molecular formula is C52H97O13P. The van der Waals surface area contributed by atoms with Crippen LogP contribution in [0.15, 0.2) is 24.3 Å². The second-order valence-electron chi connectivity index (χ2n) is 18.8. The molecule has 388 valence electrons. The number of phosphoric acid groups is 1. The molecule has 0 aromatic rings. The average Bonchev–Trinajstić information content (AvgIpc) is 3.30. The van der Waals surface area contributed by atoms with Gasteiger partial charge in [-0.15, -0.1) is 0 Å². The van der Waals surface area contributed by atoms with Crippen LogP contribution >= 0.6 is 7.82 Å². The molecule has 1 aliphatic rings. The van der Waals surface area contributed by atoms with E-state index >= 15 is 0 Å². The molecule has 14 heteroatoms. The molecule has 0 saturated heterocycles. The van der Waals surface area contributed by atoms with Gasteiger partial charge in [0.05, 0.1) is 6.61 Å². The number of unbranched alkanes of at least 4 members (excludes halogenated alkanes) is 32. The summed E-state index contributed by atoms with van der Waals surface area (Å²) in [7, 11) is -5.14. The Hall–Kier alpha value is -1.67. The first-order valence-electron chi connectivity index (χ1n) is 26.7. The van der Waals surface area contributed by atoms with Gasteiger partial charge in [-0.3, -0.25) is 13.8 Å². The number of carbonyl (C=O) groups excluding carboxylic acids is 2. The molecule has 0 spiro atoms. The van der Waals surface area contributed by atoms with Crippen LogP contribution in [-0.2, 0) is 32.7 Å². The molecule has 0 aliphatic heterocycles. The van der Waals surface area contributed by atoms with E-state index < -0.39 is 75.7 Å². The van der Waals surface area contributed by atoms with Gasteiger partial charge in [-0.1, -0.05) is 231 Å². The number of allylic oxidation sites excluding steroid dienone is 3. The Morgan fingerprint density at radius 1 is 0.500 bits per heavy atom. The molecule has 1 rings (SSSR count). The van der Waals surface area contributed by atoms with Crippen LogP contribution in [0.3, 0.4) is 0 Å². The van der Waals surface area contributed by atoms with Crippen LogP contribution in [0.1, 0.15) is 239 Å². The maximum absolute atomic E-state index is 12.8. The minimum absolute atomic E-state index is 0.0826. The molecule has 8 atom stereocenters. The quantitative estimate of drug-likeness (QED) is 0.0110. The van der Waals surface area contributed by atoms with Gasteiger partial charge in [-0.05, 0) is 19.3 Å². The van der Waals surface area contributed by atoms with Gasteiger partial charge in [0.15, 0.2) is 6.10 Å². The van der Waals surface area contributed by atoms with Crippen molar-refractivity contribution in [1.29, 1.82) is 0 Å². The highest BCUT2D eigenvalue weighted by molar-refractivity contribution is 7.47. The Morgan fingerprint density at radius 3 is 1.27 bits per heavy atom. The van der Waals surface area contributed by atoms with Gasteiger partial charge in [0.2, 0.25) is 0 Å². The van der Waals surface area contributed by atoms with Crippen LogP contribution in [0, 0.1) is 0 Å². The summed E-state index contributed by atoms with van der Waals surface area (Å²) >= 11 is 0. The van der Waals surface area contributed by atoms with Crippen molar-refractivity contribution in [2.24, 2.45) is 0 Å². The van der Waals surface area contributed by atoms with Crippen LogP contribution in [0.4, 0.5) is 0 Å². The van der Waals surface area contributed by atoms with Crippen LogP contribution < -0.4 is 0 Å². The first-order chi connectivity index (χ1) is 31.9. The molecule has 1 saturated carbocycles. The van der Waals surface area contributed by atoms with Crippen molar-refractivity contribution < 1.29 is 63.1 Å². The number of phosphoric ester groups is 1. The molecule has 6 unspecified atom stereocenters. The fourth-order valence-corrected chi connectivity index (χ4v) is 9.35. The molecule has 0 bridgehead atoms. The van der Waals surface area contributed by atoms with Gasteiger partial charge in [-0.2, -0.15) is 0 Å². The third kappa shape index (κ3) is 33.8. The van der Waals surface area contributed by atoms with Gasteiger partial charge in [0.25, 0.3) is 0 Å². The summed E-state index contributed by atoms with van der Waals surface area (Å²) in [6.45, 7) is 3.24. The highest BCUT2D eigenvalue weighted by atomic mass is 31.2. The molecule has 66 heavy (non-hydrogen) atoms. The number of carbonyl (C=O) groups is 2. The number of aliphatic hydroxyl groups excluding tert-OH is 5. The van der Waals surface area contributed by atoms with Crippen LogP contribution in [0.25, 0.3) is 0 Å². The Balaban J connectivity index is 2.39. The summed E-state index contributed by atoms with van der Waals surface area (Å²) in [5.41, 5.74) is 0. The van der Waals surface area contributed by atoms with Crippen molar-refractivity contribution in [3.8, 4) is 0 Å². The zero-order chi connectivity index (χ0) is 48.5. The predicted molar refractivity (Wildman–Crippen MR) is 263 cm³/mol. The van der Waals surface area contributed by atoms with Crippen molar-refractivity contribution in [3.05, 3.63) is 24.3 Å². The molecule has 0 aromatic carbocycles. The monoisotopic (exact) mass is 961 g/mol. The summed E-state index contributed by atoms with van der Waals surface area (Å²) in [5, 5.41) is 50.2. The minimum atomic E-state index is -5.14. The molecular weight excluding hydrogens is 864 g/mol. The molecule has 0 amide bonds. The number of esters is 2. The largest absolute Gasteiger partial charge is 0.472 e. The van der Waals surface area contributed by atoms with E-state index in [0.29, 0.717) is 6.42 Å². The van der Waals surface area contributed by atoms with Crippen LogP contribution in [0.2, 0.25) is 0 Å². The summed E-state index contributed by atoms with van der Waals surface area (Å²) in [4.78, 5) is 35.7. The van der Waals surface area contributed by atoms with Crippen molar-refractivity contribution >= 4 is 19.8 Å². The van der Waals surface area contributed by atoms with Crippen LogP contribution in [-0.4, -0.2) is 98.3 Å². The smallest absolute Gasteiger partial charge is 0.458 e. The summed E-state index contributed by atoms with van der Waals surface area (Å²) in [6, 6.07) is 0. The molecule has 6 N–H and O–H groups in total. The minimum Gasteiger partial charge on any atom is -0.458 e. The zero-order valence-electron chi connectivity index (χ0n) is 41.5. The van der Waals surface area contributed by atoms with Crippen LogP contribution in [0.5, 0.6) is 0 Å². The third-order valence-electron chi connectivity index (χ3n) is 12.6. The zero-order valence-corrected chi connectivity index (χ0v) is 42.4. The first kappa shape index (κ1) is 62.3. The molecule has 1 aliphatic carbocycles. The lowest BCUT2D eigenvalue weighted by molar-refractivity contribution is -0.220. The lowest BCUT2D eigenvalue weighted by Gasteiger charge is -2.41. The highest BCUT2D eigenvalue weighted by Gasteiger charge is 2.51. The van der Waals surface area contributed by atoms with E-state index in [0.717, 1.165) is 44.9 Å². The number of rotatable bonds is 45. The number of ether oxygens (including phenoxy) is 2. The topological polar surface area (TPSA) is 210 Å². The van der Waals surface area contributed by atoms with Crippen molar-refractivity contribution in [1.82, 2.24) is 0 Å². The maximum atomic E-state index is 12.8. The average molecular weight is 961 g/mol. The van der Waals surface area contributed by atoms with E-state index in [2.05, 4.69) is 13.8 Å². The Labute approximate surface area is 400 Å². The SMILES string of the molecule is CCCCCCCCCCCCC/C=C/C=C/C(=O)OC[C@H](COP(=O)(O)OC1C(O)C(O)C(O)[C@@H](O)C1O)OC(=O)CCCCCCCCCCCCCCCCCCCCCCCC. The second kappa shape index (κ2) is 42.2.